The third-order valence-electron chi connectivity index (χ3n) is 3.82. The van der Waals surface area contributed by atoms with Gasteiger partial charge in [0.25, 0.3) is 0 Å². The van der Waals surface area contributed by atoms with Gasteiger partial charge in [0.1, 0.15) is 0 Å². The van der Waals surface area contributed by atoms with Crippen molar-refractivity contribution >= 4 is 21.9 Å². The fraction of sp³-hybridized carbons (Fsp3) is 0.667. The van der Waals surface area contributed by atoms with Crippen LogP contribution in [0.1, 0.15) is 24.7 Å². The first-order valence-corrected chi connectivity index (χ1v) is 6.86. The van der Waals surface area contributed by atoms with Crippen molar-refractivity contribution in [3.05, 3.63) is 15.9 Å². The van der Waals surface area contributed by atoms with Crippen LogP contribution in [0.5, 0.6) is 0 Å². The minimum absolute atomic E-state index is 0.0737. The molecule has 0 saturated carbocycles. The molecule has 1 saturated heterocycles. The molecule has 2 unspecified atom stereocenters. The van der Waals surface area contributed by atoms with Crippen LogP contribution in [0.25, 0.3) is 0 Å². The molecule has 1 N–H and O–H groups in total. The quantitative estimate of drug-likeness (QED) is 0.924. The van der Waals surface area contributed by atoms with Gasteiger partial charge in [-0.2, -0.15) is 5.10 Å². The molecule has 0 aromatic carbocycles. The monoisotopic (exact) mass is 315 g/mol. The maximum atomic E-state index is 11.1. The highest BCUT2D eigenvalue weighted by molar-refractivity contribution is 9.10. The summed E-state index contributed by atoms with van der Waals surface area (Å²) < 4.78 is 2.89. The van der Waals surface area contributed by atoms with Crippen molar-refractivity contribution in [3.8, 4) is 0 Å². The second-order valence-corrected chi connectivity index (χ2v) is 5.71. The third-order valence-corrected chi connectivity index (χ3v) is 4.85. The Morgan fingerprint density at radius 3 is 2.72 bits per heavy atom. The molecule has 0 spiro atoms. The fourth-order valence-corrected chi connectivity index (χ4v) is 3.06. The van der Waals surface area contributed by atoms with Gasteiger partial charge in [-0.25, -0.2) is 0 Å². The van der Waals surface area contributed by atoms with E-state index in [1.165, 1.54) is 0 Å². The summed E-state index contributed by atoms with van der Waals surface area (Å²) >= 11 is 3.55. The average Bonchev–Trinajstić information content (AvgIpc) is 2.76. The molecule has 1 fully saturated rings. The minimum Gasteiger partial charge on any atom is -0.481 e. The molecule has 6 heteroatoms. The molecule has 1 aromatic rings. The number of aryl methyl sites for hydroxylation is 2. The second kappa shape index (κ2) is 5.01. The number of hydrogen-bond acceptors (Lipinski definition) is 3. The lowest BCUT2D eigenvalue weighted by Gasteiger charge is -2.23. The highest BCUT2D eigenvalue weighted by atomic mass is 79.9. The smallest absolute Gasteiger partial charge is 0.308 e. The Morgan fingerprint density at radius 2 is 2.28 bits per heavy atom. The molecule has 1 aliphatic heterocycles. The zero-order chi connectivity index (χ0) is 13.4. The molecule has 0 amide bonds. The first kappa shape index (κ1) is 13.5. The molecular weight excluding hydrogens is 298 g/mol. The van der Waals surface area contributed by atoms with Gasteiger partial charge in [-0.3, -0.25) is 14.4 Å². The largest absolute Gasteiger partial charge is 0.481 e. The SMILES string of the molecule is Cc1nn(C)c(CN2CCC(C(=O)O)C2C)c1Br. The molecule has 2 rings (SSSR count). The molecule has 2 atom stereocenters. The van der Waals surface area contributed by atoms with Gasteiger partial charge in [-0.15, -0.1) is 0 Å². The van der Waals surface area contributed by atoms with E-state index in [0.29, 0.717) is 0 Å². The van der Waals surface area contributed by atoms with Crippen LogP contribution in [0.3, 0.4) is 0 Å². The van der Waals surface area contributed by atoms with Crippen molar-refractivity contribution in [2.24, 2.45) is 13.0 Å². The maximum Gasteiger partial charge on any atom is 0.308 e. The van der Waals surface area contributed by atoms with Gasteiger partial charge in [0, 0.05) is 19.6 Å². The van der Waals surface area contributed by atoms with E-state index in [9.17, 15) is 4.79 Å². The number of aliphatic carboxylic acids is 1. The Kier molecular flexibility index (Phi) is 3.77. The molecule has 1 aromatic heterocycles. The van der Waals surface area contributed by atoms with Gasteiger partial charge in [0.05, 0.1) is 21.8 Å². The van der Waals surface area contributed by atoms with E-state index in [0.717, 1.165) is 35.4 Å². The zero-order valence-corrected chi connectivity index (χ0v) is 12.4. The molecule has 100 valence electrons. The van der Waals surface area contributed by atoms with Gasteiger partial charge in [0.15, 0.2) is 0 Å². The Hall–Kier alpha value is -0.880. The molecule has 5 nitrogen and oxygen atoms in total. The lowest BCUT2D eigenvalue weighted by atomic mass is 10.0. The molecule has 18 heavy (non-hydrogen) atoms. The van der Waals surface area contributed by atoms with Crippen molar-refractivity contribution in [3.63, 3.8) is 0 Å². The van der Waals surface area contributed by atoms with Crippen molar-refractivity contribution in [2.75, 3.05) is 6.54 Å². The molecule has 2 heterocycles. The molecule has 1 aliphatic rings. The van der Waals surface area contributed by atoms with Crippen LogP contribution in [0.2, 0.25) is 0 Å². The zero-order valence-electron chi connectivity index (χ0n) is 10.9. The molecule has 0 aliphatic carbocycles. The van der Waals surface area contributed by atoms with Gasteiger partial charge in [-0.05, 0) is 42.7 Å². The van der Waals surface area contributed by atoms with E-state index in [-0.39, 0.29) is 12.0 Å². The summed E-state index contributed by atoms with van der Waals surface area (Å²) in [5, 5.41) is 13.5. The van der Waals surface area contributed by atoms with Crippen molar-refractivity contribution in [1.29, 1.82) is 0 Å². The number of rotatable bonds is 3. The van der Waals surface area contributed by atoms with E-state index < -0.39 is 5.97 Å². The summed E-state index contributed by atoms with van der Waals surface area (Å²) in [5.41, 5.74) is 2.07. The van der Waals surface area contributed by atoms with Crippen LogP contribution in [-0.2, 0) is 18.4 Å². The molecule has 0 bridgehead atoms. The van der Waals surface area contributed by atoms with Crippen LogP contribution in [0.4, 0.5) is 0 Å². The van der Waals surface area contributed by atoms with E-state index in [1.54, 1.807) is 0 Å². The van der Waals surface area contributed by atoms with Crippen molar-refractivity contribution in [1.82, 2.24) is 14.7 Å². The predicted octanol–water partition coefficient (Wildman–Crippen LogP) is 1.79. The van der Waals surface area contributed by atoms with Crippen LogP contribution < -0.4 is 0 Å². The first-order valence-electron chi connectivity index (χ1n) is 6.06. The highest BCUT2D eigenvalue weighted by Gasteiger charge is 2.36. The Morgan fingerprint density at radius 1 is 1.61 bits per heavy atom. The number of hydrogen-bond donors (Lipinski definition) is 1. The van der Waals surface area contributed by atoms with Crippen LogP contribution in [0.15, 0.2) is 4.47 Å². The Balaban J connectivity index is 2.13. The summed E-state index contributed by atoms with van der Waals surface area (Å²) in [7, 11) is 1.92. The number of carboxylic acid groups (broad SMARTS) is 1. The topological polar surface area (TPSA) is 58.4 Å². The predicted molar refractivity (Wildman–Crippen MR) is 71.3 cm³/mol. The van der Waals surface area contributed by atoms with Crippen LogP contribution in [-0.4, -0.2) is 38.3 Å². The summed E-state index contributed by atoms with van der Waals surface area (Å²) in [5.74, 6) is -0.941. The Bertz CT molecular complexity index is 472. The normalized spacial score (nSPS) is 24.7. The number of halogens is 1. The van der Waals surface area contributed by atoms with Crippen LogP contribution >= 0.6 is 15.9 Å². The first-order chi connectivity index (χ1) is 8.41. The van der Waals surface area contributed by atoms with Crippen LogP contribution in [0, 0.1) is 12.8 Å². The number of carbonyl (C=O) groups is 1. The maximum absolute atomic E-state index is 11.1. The van der Waals surface area contributed by atoms with Crippen molar-refractivity contribution in [2.45, 2.75) is 32.9 Å². The second-order valence-electron chi connectivity index (χ2n) is 4.91. The molecule has 0 radical (unpaired) electrons. The fourth-order valence-electron chi connectivity index (χ4n) is 2.60. The van der Waals surface area contributed by atoms with E-state index in [1.807, 2.05) is 25.6 Å². The van der Waals surface area contributed by atoms with Crippen molar-refractivity contribution < 1.29 is 9.90 Å². The Labute approximate surface area is 115 Å². The molecular formula is C12H18BrN3O2. The lowest BCUT2D eigenvalue weighted by Crippen LogP contribution is -2.33. The van der Waals surface area contributed by atoms with E-state index >= 15 is 0 Å². The summed E-state index contributed by atoms with van der Waals surface area (Å²) in [6, 6.07) is 0.0737. The van der Waals surface area contributed by atoms with Gasteiger partial charge < -0.3 is 5.11 Å². The van der Waals surface area contributed by atoms with Gasteiger partial charge in [0.2, 0.25) is 0 Å². The van der Waals surface area contributed by atoms with E-state index in [4.69, 9.17) is 5.11 Å². The number of likely N-dealkylation sites (tertiary alicyclic amines) is 1. The van der Waals surface area contributed by atoms with Gasteiger partial charge >= 0.3 is 5.97 Å². The van der Waals surface area contributed by atoms with Gasteiger partial charge in [-0.1, -0.05) is 0 Å². The summed E-state index contributed by atoms with van der Waals surface area (Å²) in [6.45, 7) is 5.52. The minimum atomic E-state index is -0.690. The standard InChI is InChI=1S/C12H18BrN3O2/c1-7-11(13)10(15(3)14-7)6-16-5-4-9(8(16)2)12(17)18/h8-9H,4-6H2,1-3H3,(H,17,18). The number of carboxylic acids is 1. The summed E-state index contributed by atoms with van der Waals surface area (Å²) in [6.07, 6.45) is 0.727. The van der Waals surface area contributed by atoms with E-state index in [2.05, 4.69) is 25.9 Å². The highest BCUT2D eigenvalue weighted by Crippen LogP contribution is 2.28. The third kappa shape index (κ3) is 2.31. The number of aromatic nitrogens is 2. The number of nitrogens with zero attached hydrogens (tertiary/aromatic N) is 3. The lowest BCUT2D eigenvalue weighted by molar-refractivity contribution is -0.142. The summed E-state index contributed by atoms with van der Waals surface area (Å²) in [4.78, 5) is 13.3. The average molecular weight is 316 g/mol.